The molecular weight excluding hydrogens is 434 g/mol. The molecule has 0 unspecified atom stereocenters. The fourth-order valence-electron chi connectivity index (χ4n) is 3.96. The summed E-state index contributed by atoms with van der Waals surface area (Å²) >= 11 is 0. The lowest BCUT2D eigenvalue weighted by Crippen LogP contribution is -2.16. The van der Waals surface area contributed by atoms with Crippen molar-refractivity contribution in [3.63, 3.8) is 0 Å². The van der Waals surface area contributed by atoms with E-state index in [0.717, 1.165) is 18.9 Å². The number of imidazole rings is 1. The zero-order chi connectivity index (χ0) is 22.5. The second kappa shape index (κ2) is 7.74. The monoisotopic (exact) mass is 454 g/mol. The molecule has 32 heavy (non-hydrogen) atoms. The Kier molecular flexibility index (Phi) is 5.00. The van der Waals surface area contributed by atoms with E-state index in [2.05, 4.69) is 15.2 Å². The highest BCUT2D eigenvalue weighted by Gasteiger charge is 2.23. The van der Waals surface area contributed by atoms with E-state index < -0.39 is 21.5 Å². The van der Waals surface area contributed by atoms with E-state index in [-0.39, 0.29) is 21.8 Å². The van der Waals surface area contributed by atoms with Crippen LogP contribution < -0.4 is 0 Å². The van der Waals surface area contributed by atoms with E-state index in [1.807, 2.05) is 4.57 Å². The first-order valence-electron chi connectivity index (χ1n) is 10.4. The molecule has 1 aliphatic rings. The molecule has 5 rings (SSSR count). The average molecular weight is 455 g/mol. The van der Waals surface area contributed by atoms with Gasteiger partial charge in [0.25, 0.3) is 0 Å². The van der Waals surface area contributed by atoms with Crippen LogP contribution in [-0.4, -0.2) is 33.9 Å². The molecule has 1 saturated carbocycles. The molecule has 2 aromatic carbocycles. The SMILES string of the molecule is CCS(=O)(=O)c1ccc(-c2cc(-c3cnnc4c3ncn4C3CCC3)ccc2F)c(F)c1. The Hall–Kier alpha value is -3.20. The van der Waals surface area contributed by atoms with Crippen LogP contribution in [0.2, 0.25) is 0 Å². The molecule has 0 aliphatic heterocycles. The van der Waals surface area contributed by atoms with Crippen molar-refractivity contribution >= 4 is 21.0 Å². The molecule has 164 valence electrons. The third-order valence-corrected chi connectivity index (χ3v) is 7.81. The highest BCUT2D eigenvalue weighted by molar-refractivity contribution is 7.91. The molecule has 0 bridgehead atoms. The molecule has 0 saturated heterocycles. The second-order valence-corrected chi connectivity index (χ2v) is 10.2. The summed E-state index contributed by atoms with van der Waals surface area (Å²) in [5, 5.41) is 8.35. The summed E-state index contributed by atoms with van der Waals surface area (Å²) < 4.78 is 55.6. The largest absolute Gasteiger partial charge is 0.311 e. The van der Waals surface area contributed by atoms with Gasteiger partial charge in [-0.2, -0.15) is 5.10 Å². The van der Waals surface area contributed by atoms with Gasteiger partial charge in [0.15, 0.2) is 15.5 Å². The van der Waals surface area contributed by atoms with Gasteiger partial charge in [-0.1, -0.05) is 19.1 Å². The first-order chi connectivity index (χ1) is 15.4. The minimum Gasteiger partial charge on any atom is -0.311 e. The highest BCUT2D eigenvalue weighted by Crippen LogP contribution is 2.36. The van der Waals surface area contributed by atoms with Crippen molar-refractivity contribution in [2.45, 2.75) is 37.1 Å². The molecule has 0 radical (unpaired) electrons. The Balaban J connectivity index is 1.61. The summed E-state index contributed by atoms with van der Waals surface area (Å²) in [6.45, 7) is 1.49. The minimum absolute atomic E-state index is 0.0161. The summed E-state index contributed by atoms with van der Waals surface area (Å²) in [4.78, 5) is 4.39. The molecule has 0 spiro atoms. The summed E-state index contributed by atoms with van der Waals surface area (Å²) in [7, 11) is -3.57. The van der Waals surface area contributed by atoms with Crippen molar-refractivity contribution in [2.24, 2.45) is 0 Å². The van der Waals surface area contributed by atoms with Gasteiger partial charge in [-0.05, 0) is 49.1 Å². The Morgan fingerprint density at radius 1 is 1.03 bits per heavy atom. The van der Waals surface area contributed by atoms with Gasteiger partial charge in [-0.3, -0.25) is 0 Å². The number of fused-ring (bicyclic) bond motifs is 1. The molecule has 1 fully saturated rings. The normalized spacial score (nSPS) is 14.6. The summed E-state index contributed by atoms with van der Waals surface area (Å²) in [5.74, 6) is -1.56. The fourth-order valence-corrected chi connectivity index (χ4v) is 4.85. The van der Waals surface area contributed by atoms with Gasteiger partial charge in [0.2, 0.25) is 0 Å². The van der Waals surface area contributed by atoms with E-state index in [0.29, 0.717) is 28.3 Å². The maximum absolute atomic E-state index is 14.8. The number of benzene rings is 2. The van der Waals surface area contributed by atoms with Crippen LogP contribution in [-0.2, 0) is 9.84 Å². The number of hydrogen-bond donors (Lipinski definition) is 0. The number of aromatic nitrogens is 4. The van der Waals surface area contributed by atoms with Crippen molar-refractivity contribution in [1.29, 1.82) is 0 Å². The van der Waals surface area contributed by atoms with Crippen LogP contribution in [0.25, 0.3) is 33.4 Å². The maximum atomic E-state index is 14.8. The van der Waals surface area contributed by atoms with Crippen LogP contribution in [0.5, 0.6) is 0 Å². The van der Waals surface area contributed by atoms with Gasteiger partial charge in [0.05, 0.1) is 23.2 Å². The van der Waals surface area contributed by atoms with E-state index in [1.54, 1.807) is 18.6 Å². The average Bonchev–Trinajstić information content (AvgIpc) is 3.17. The Morgan fingerprint density at radius 2 is 1.84 bits per heavy atom. The highest BCUT2D eigenvalue weighted by atomic mass is 32.2. The third-order valence-electron chi connectivity index (χ3n) is 6.08. The van der Waals surface area contributed by atoms with E-state index in [9.17, 15) is 17.2 Å². The molecule has 1 aliphatic carbocycles. The zero-order valence-electron chi connectivity index (χ0n) is 17.3. The summed E-state index contributed by atoms with van der Waals surface area (Å²) in [6.07, 6.45) is 6.62. The zero-order valence-corrected chi connectivity index (χ0v) is 18.1. The standard InChI is InChI=1S/C23H20F2N4O2S/c1-2-32(30,31)16-7-8-17(21(25)11-16)18-10-14(6-9-20(18)24)19-12-27-28-23-22(19)26-13-29(23)15-4-3-5-15/h6-13,15H,2-5H2,1H3. The Bertz CT molecular complexity index is 1450. The number of rotatable bonds is 5. The molecule has 0 amide bonds. The quantitative estimate of drug-likeness (QED) is 0.426. The van der Waals surface area contributed by atoms with Gasteiger partial charge in [0.1, 0.15) is 17.2 Å². The molecule has 6 nitrogen and oxygen atoms in total. The summed E-state index contributed by atoms with van der Waals surface area (Å²) in [6, 6.07) is 8.27. The fraction of sp³-hybridized carbons (Fsp3) is 0.261. The molecule has 2 aromatic heterocycles. The number of halogens is 2. The first-order valence-corrected chi connectivity index (χ1v) is 12.0. The number of nitrogens with zero attached hydrogens (tertiary/aromatic N) is 4. The predicted molar refractivity (Wildman–Crippen MR) is 117 cm³/mol. The number of hydrogen-bond acceptors (Lipinski definition) is 5. The third kappa shape index (κ3) is 3.37. The van der Waals surface area contributed by atoms with Crippen molar-refractivity contribution in [1.82, 2.24) is 19.7 Å². The molecule has 2 heterocycles. The van der Waals surface area contributed by atoms with Crippen LogP contribution in [0.3, 0.4) is 0 Å². The molecule has 9 heteroatoms. The lowest BCUT2D eigenvalue weighted by Gasteiger charge is -2.26. The summed E-state index contributed by atoms with van der Waals surface area (Å²) in [5.41, 5.74) is 2.61. The smallest absolute Gasteiger partial charge is 0.183 e. The van der Waals surface area contributed by atoms with Gasteiger partial charge in [-0.25, -0.2) is 22.2 Å². The molecule has 4 aromatic rings. The van der Waals surface area contributed by atoms with Crippen LogP contribution in [0.1, 0.15) is 32.2 Å². The van der Waals surface area contributed by atoms with Crippen LogP contribution >= 0.6 is 0 Å². The van der Waals surface area contributed by atoms with Crippen molar-refractivity contribution < 1.29 is 17.2 Å². The molecular formula is C23H20F2N4O2S. The van der Waals surface area contributed by atoms with E-state index >= 15 is 0 Å². The van der Waals surface area contributed by atoms with Gasteiger partial charge < -0.3 is 4.57 Å². The van der Waals surface area contributed by atoms with Crippen LogP contribution in [0.4, 0.5) is 8.78 Å². The van der Waals surface area contributed by atoms with Crippen LogP contribution in [0, 0.1) is 11.6 Å². The minimum atomic E-state index is -3.57. The Morgan fingerprint density at radius 3 is 2.53 bits per heavy atom. The van der Waals surface area contributed by atoms with E-state index in [4.69, 9.17) is 0 Å². The van der Waals surface area contributed by atoms with Crippen molar-refractivity contribution in [3.05, 3.63) is 60.6 Å². The number of sulfone groups is 1. The van der Waals surface area contributed by atoms with Gasteiger partial charge in [0, 0.05) is 22.7 Å². The Labute approximate surface area is 183 Å². The predicted octanol–water partition coefficient (Wildman–Crippen LogP) is 4.96. The second-order valence-electron chi connectivity index (χ2n) is 7.91. The molecule has 0 N–H and O–H groups in total. The van der Waals surface area contributed by atoms with Crippen molar-refractivity contribution in [3.8, 4) is 22.3 Å². The van der Waals surface area contributed by atoms with Crippen molar-refractivity contribution in [2.75, 3.05) is 5.75 Å². The van der Waals surface area contributed by atoms with Gasteiger partial charge >= 0.3 is 0 Å². The lowest BCUT2D eigenvalue weighted by atomic mass is 9.93. The molecule has 0 atom stereocenters. The van der Waals surface area contributed by atoms with Gasteiger partial charge in [-0.15, -0.1) is 5.10 Å². The first kappa shape index (κ1) is 20.7. The van der Waals surface area contributed by atoms with Crippen LogP contribution in [0.15, 0.2) is 53.8 Å². The topological polar surface area (TPSA) is 77.7 Å². The lowest BCUT2D eigenvalue weighted by molar-refractivity contribution is 0.319. The van der Waals surface area contributed by atoms with E-state index in [1.165, 1.54) is 37.6 Å². The maximum Gasteiger partial charge on any atom is 0.183 e.